The largest absolute Gasteiger partial charge is 0.274 e. The number of benzene rings is 2. The molecule has 7 rings (SSSR count). The molecule has 0 N–H and O–H groups in total. The first-order valence-electron chi connectivity index (χ1n) is 11.2. The standard InChI is InChI=1S/C26H20I2N2O4/c1-11-9-13(27)3-7-17(11)29-23(31)19-15-5-6-16(20(19)24(29)32)22-21(15)25(33)30(26(22)34)18-8-4-14(28)10-12(18)2/h3-10,15-16,19-22H,1-2H3/t15?,16?,19-,20+,21+,22-. The van der Waals surface area contributed by atoms with Crippen LogP contribution in [0.1, 0.15) is 11.1 Å². The van der Waals surface area contributed by atoms with E-state index in [1.54, 1.807) is 12.1 Å². The molecule has 172 valence electrons. The van der Waals surface area contributed by atoms with Crippen molar-refractivity contribution in [1.29, 1.82) is 0 Å². The van der Waals surface area contributed by atoms with Crippen molar-refractivity contribution < 1.29 is 19.2 Å². The number of aryl methyl sites for hydroxylation is 2. The Kier molecular flexibility index (Phi) is 5.08. The van der Waals surface area contributed by atoms with Crippen molar-refractivity contribution >= 4 is 80.2 Å². The van der Waals surface area contributed by atoms with E-state index in [1.807, 2.05) is 50.3 Å². The summed E-state index contributed by atoms with van der Waals surface area (Å²) < 4.78 is 2.04. The van der Waals surface area contributed by atoms with Crippen LogP contribution in [-0.2, 0) is 19.2 Å². The zero-order valence-corrected chi connectivity index (χ0v) is 22.7. The van der Waals surface area contributed by atoms with Crippen LogP contribution in [0.15, 0.2) is 48.6 Å². The SMILES string of the molecule is Cc1cc(I)ccc1N1C(=O)[C@@H]2C3C=CC([C@H]4C(=O)N(c5ccc(I)cc5C)C(=O)[C@@H]34)[C@@H]2C1=O. The lowest BCUT2D eigenvalue weighted by Crippen LogP contribution is -2.50. The lowest BCUT2D eigenvalue weighted by atomic mass is 9.54. The molecule has 4 amide bonds. The molecular weight excluding hydrogens is 658 g/mol. The number of rotatable bonds is 2. The van der Waals surface area contributed by atoms with Gasteiger partial charge in [0.15, 0.2) is 0 Å². The molecule has 8 heteroatoms. The number of amides is 4. The van der Waals surface area contributed by atoms with E-state index >= 15 is 0 Å². The van der Waals surface area contributed by atoms with E-state index in [0.29, 0.717) is 11.4 Å². The number of hydrogen-bond donors (Lipinski definition) is 0. The molecular formula is C26H20I2N2O4. The fraction of sp³-hybridized carbons (Fsp3) is 0.308. The van der Waals surface area contributed by atoms with Crippen molar-refractivity contribution in [3.63, 3.8) is 0 Å². The maximum absolute atomic E-state index is 13.7. The highest BCUT2D eigenvalue weighted by Crippen LogP contribution is 2.58. The first kappa shape index (κ1) is 22.4. The highest BCUT2D eigenvalue weighted by Gasteiger charge is 2.69. The van der Waals surface area contributed by atoms with Crippen LogP contribution in [0.3, 0.4) is 0 Å². The van der Waals surface area contributed by atoms with Gasteiger partial charge in [-0.05, 0) is 107 Å². The molecule has 0 aromatic heterocycles. The Morgan fingerprint density at radius 1 is 0.588 bits per heavy atom. The fourth-order valence-electron chi connectivity index (χ4n) is 6.44. The minimum atomic E-state index is -0.614. The minimum absolute atomic E-state index is 0.263. The fourth-order valence-corrected chi connectivity index (χ4v) is 7.73. The maximum atomic E-state index is 13.7. The number of allylic oxidation sites excluding steroid dienone is 2. The van der Waals surface area contributed by atoms with Crippen molar-refractivity contribution in [1.82, 2.24) is 0 Å². The molecule has 2 bridgehead atoms. The normalized spacial score (nSPS) is 31.5. The average Bonchev–Trinajstić information content (AvgIpc) is 3.22. The Labute approximate surface area is 224 Å². The molecule has 0 spiro atoms. The number of nitrogens with zero attached hydrogens (tertiary/aromatic N) is 2. The smallest absolute Gasteiger partial charge is 0.238 e. The Balaban J connectivity index is 1.41. The molecule has 5 aliphatic rings. The van der Waals surface area contributed by atoms with Crippen LogP contribution in [0.25, 0.3) is 0 Å². The van der Waals surface area contributed by atoms with Crippen LogP contribution in [0, 0.1) is 56.5 Å². The van der Waals surface area contributed by atoms with Gasteiger partial charge in [0, 0.05) is 19.0 Å². The number of hydrogen-bond acceptors (Lipinski definition) is 4. The van der Waals surface area contributed by atoms with Gasteiger partial charge in [0.25, 0.3) is 0 Å². The second-order valence-electron chi connectivity index (χ2n) is 9.53. The van der Waals surface area contributed by atoms with Gasteiger partial charge < -0.3 is 0 Å². The quantitative estimate of drug-likeness (QED) is 0.271. The van der Waals surface area contributed by atoms with E-state index in [9.17, 15) is 19.2 Å². The Hall–Kier alpha value is -2.08. The van der Waals surface area contributed by atoms with Gasteiger partial charge in [-0.2, -0.15) is 0 Å². The molecule has 6 nitrogen and oxygen atoms in total. The Morgan fingerprint density at radius 3 is 1.21 bits per heavy atom. The first-order chi connectivity index (χ1) is 16.2. The molecule has 2 saturated heterocycles. The van der Waals surface area contributed by atoms with Crippen molar-refractivity contribution in [2.24, 2.45) is 35.5 Å². The summed E-state index contributed by atoms with van der Waals surface area (Å²) in [5.41, 5.74) is 2.87. The lowest BCUT2D eigenvalue weighted by Gasteiger charge is -2.44. The highest BCUT2D eigenvalue weighted by atomic mass is 127. The third-order valence-electron chi connectivity index (χ3n) is 7.81. The van der Waals surface area contributed by atoms with Gasteiger partial charge in [-0.15, -0.1) is 0 Å². The van der Waals surface area contributed by atoms with E-state index in [1.165, 1.54) is 9.80 Å². The molecule has 6 atom stereocenters. The van der Waals surface area contributed by atoms with Gasteiger partial charge in [0.2, 0.25) is 23.6 Å². The molecule has 1 saturated carbocycles. The van der Waals surface area contributed by atoms with Crippen LogP contribution in [0.5, 0.6) is 0 Å². The molecule has 3 aliphatic carbocycles. The van der Waals surface area contributed by atoms with E-state index in [2.05, 4.69) is 45.2 Å². The van der Waals surface area contributed by atoms with Gasteiger partial charge in [-0.3, -0.25) is 19.2 Å². The van der Waals surface area contributed by atoms with Crippen molar-refractivity contribution in [3.8, 4) is 0 Å². The predicted molar refractivity (Wildman–Crippen MR) is 143 cm³/mol. The van der Waals surface area contributed by atoms with Gasteiger partial charge in [-0.25, -0.2) is 9.80 Å². The third-order valence-corrected chi connectivity index (χ3v) is 9.15. The molecule has 2 aromatic carbocycles. The number of halogens is 2. The summed E-state index contributed by atoms with van der Waals surface area (Å²) in [4.78, 5) is 57.2. The number of carbonyl (C=O) groups excluding carboxylic acids is 4. The number of carbonyl (C=O) groups is 4. The van der Waals surface area contributed by atoms with Crippen molar-refractivity contribution in [2.75, 3.05) is 9.80 Å². The van der Waals surface area contributed by atoms with Crippen LogP contribution in [0.2, 0.25) is 0 Å². The second kappa shape index (κ2) is 7.71. The molecule has 34 heavy (non-hydrogen) atoms. The number of anilines is 2. The van der Waals surface area contributed by atoms with E-state index < -0.39 is 35.5 Å². The summed E-state index contributed by atoms with van der Waals surface area (Å²) in [5, 5.41) is 0. The van der Waals surface area contributed by atoms with Crippen LogP contribution < -0.4 is 9.80 Å². The Bertz CT molecular complexity index is 1210. The topological polar surface area (TPSA) is 74.8 Å². The van der Waals surface area contributed by atoms with E-state index in [-0.39, 0.29) is 23.6 Å². The van der Waals surface area contributed by atoms with E-state index in [0.717, 1.165) is 18.3 Å². The van der Waals surface area contributed by atoms with Gasteiger partial charge in [0.05, 0.1) is 35.0 Å². The first-order valence-corrected chi connectivity index (χ1v) is 13.3. The monoisotopic (exact) mass is 678 g/mol. The Morgan fingerprint density at radius 2 is 0.912 bits per heavy atom. The molecule has 3 fully saturated rings. The zero-order valence-electron chi connectivity index (χ0n) is 18.4. The van der Waals surface area contributed by atoms with Crippen molar-refractivity contribution in [2.45, 2.75) is 13.8 Å². The third kappa shape index (κ3) is 2.90. The maximum Gasteiger partial charge on any atom is 0.238 e. The second-order valence-corrected chi connectivity index (χ2v) is 12.0. The van der Waals surface area contributed by atoms with Crippen LogP contribution in [0.4, 0.5) is 11.4 Å². The average molecular weight is 678 g/mol. The molecule has 2 aliphatic heterocycles. The summed E-state index contributed by atoms with van der Waals surface area (Å²) in [6.07, 6.45) is 3.80. The number of imide groups is 2. The van der Waals surface area contributed by atoms with Gasteiger partial charge in [-0.1, -0.05) is 12.2 Å². The van der Waals surface area contributed by atoms with Crippen molar-refractivity contribution in [3.05, 3.63) is 66.8 Å². The van der Waals surface area contributed by atoms with Gasteiger partial charge in [0.1, 0.15) is 0 Å². The minimum Gasteiger partial charge on any atom is -0.274 e. The van der Waals surface area contributed by atoms with E-state index in [4.69, 9.17) is 0 Å². The van der Waals surface area contributed by atoms with Crippen LogP contribution >= 0.6 is 45.2 Å². The van der Waals surface area contributed by atoms with Gasteiger partial charge >= 0.3 is 0 Å². The highest BCUT2D eigenvalue weighted by molar-refractivity contribution is 14.1. The molecule has 0 radical (unpaired) electrons. The summed E-state index contributed by atoms with van der Waals surface area (Å²) in [6.45, 7) is 3.77. The van der Waals surface area contributed by atoms with Crippen LogP contribution in [-0.4, -0.2) is 23.6 Å². The summed E-state index contributed by atoms with van der Waals surface area (Å²) in [7, 11) is 0. The summed E-state index contributed by atoms with van der Waals surface area (Å²) in [6, 6.07) is 11.2. The summed E-state index contributed by atoms with van der Waals surface area (Å²) in [5.74, 6) is -4.43. The summed E-state index contributed by atoms with van der Waals surface area (Å²) >= 11 is 4.40. The molecule has 2 heterocycles. The zero-order chi connectivity index (χ0) is 24.0. The molecule has 2 aromatic rings. The molecule has 2 unspecified atom stereocenters. The lowest BCUT2D eigenvalue weighted by molar-refractivity contribution is -0.137. The predicted octanol–water partition coefficient (Wildman–Crippen LogP) is 4.24.